The van der Waals surface area contributed by atoms with Crippen LogP contribution >= 0.6 is 0 Å². The molecule has 1 aromatic carbocycles. The van der Waals surface area contributed by atoms with Gasteiger partial charge in [-0.15, -0.1) is 5.10 Å². The van der Waals surface area contributed by atoms with Gasteiger partial charge in [0.2, 0.25) is 0 Å². The van der Waals surface area contributed by atoms with Crippen LogP contribution in [-0.2, 0) is 4.74 Å². The van der Waals surface area contributed by atoms with E-state index in [1.807, 2.05) is 0 Å². The first-order valence-corrected chi connectivity index (χ1v) is 6.05. The van der Waals surface area contributed by atoms with Gasteiger partial charge in [0.15, 0.2) is 5.82 Å². The van der Waals surface area contributed by atoms with Gasteiger partial charge >= 0.3 is 0 Å². The second kappa shape index (κ2) is 4.58. The molecule has 19 heavy (non-hydrogen) atoms. The van der Waals surface area contributed by atoms with Gasteiger partial charge in [0.25, 0.3) is 0 Å². The number of hydrogen-bond donors (Lipinski definition) is 1. The molecule has 1 heterocycles. The van der Waals surface area contributed by atoms with E-state index in [1.54, 1.807) is 23.9 Å². The molecule has 6 nitrogen and oxygen atoms in total. The van der Waals surface area contributed by atoms with Gasteiger partial charge in [0.05, 0.1) is 17.8 Å². The van der Waals surface area contributed by atoms with E-state index in [2.05, 4.69) is 15.5 Å². The highest BCUT2D eigenvalue weighted by molar-refractivity contribution is 5.61. The number of anilines is 1. The van der Waals surface area contributed by atoms with E-state index in [9.17, 15) is 4.39 Å². The molecule has 1 fully saturated rings. The molecule has 0 amide bonds. The number of rotatable bonds is 3. The molecule has 0 spiro atoms. The average Bonchev–Trinajstić information content (AvgIpc) is 2.80. The number of nitrogens with two attached hydrogens (primary N) is 1. The fourth-order valence-corrected chi connectivity index (χ4v) is 2.24. The number of benzene rings is 1. The van der Waals surface area contributed by atoms with Crippen molar-refractivity contribution in [2.24, 2.45) is 0 Å². The predicted octanol–water partition coefficient (Wildman–Crippen LogP) is 1.41. The molecule has 0 bridgehead atoms. The molecule has 0 atom stereocenters. The number of ether oxygens (including phenoxy) is 1. The number of aromatic nitrogens is 4. The van der Waals surface area contributed by atoms with E-state index < -0.39 is 5.82 Å². The van der Waals surface area contributed by atoms with Crippen LogP contribution in [0.5, 0.6) is 0 Å². The lowest BCUT2D eigenvalue weighted by molar-refractivity contribution is 0.00248. The van der Waals surface area contributed by atoms with Gasteiger partial charge in [-0.3, -0.25) is 0 Å². The summed E-state index contributed by atoms with van der Waals surface area (Å²) >= 11 is 0. The lowest BCUT2D eigenvalue weighted by Crippen LogP contribution is -2.33. The van der Waals surface area contributed by atoms with Crippen molar-refractivity contribution in [3.63, 3.8) is 0 Å². The lowest BCUT2D eigenvalue weighted by Gasteiger charge is -2.34. The predicted molar refractivity (Wildman–Crippen MR) is 66.7 cm³/mol. The molecule has 2 N–H and O–H groups in total. The van der Waals surface area contributed by atoms with Crippen LogP contribution in [0.4, 0.5) is 10.1 Å². The van der Waals surface area contributed by atoms with E-state index in [4.69, 9.17) is 10.5 Å². The minimum absolute atomic E-state index is 0.0930. The first-order chi connectivity index (χ1) is 9.19. The Morgan fingerprint density at radius 3 is 2.89 bits per heavy atom. The van der Waals surface area contributed by atoms with Gasteiger partial charge in [-0.25, -0.2) is 9.07 Å². The largest absolute Gasteiger partial charge is 0.396 e. The van der Waals surface area contributed by atoms with Crippen molar-refractivity contribution in [1.82, 2.24) is 20.2 Å². The molecule has 0 unspecified atom stereocenters. The smallest absolute Gasteiger partial charge is 0.182 e. The second-order valence-corrected chi connectivity index (χ2v) is 4.67. The summed E-state index contributed by atoms with van der Waals surface area (Å²) in [5.74, 6) is 0.164. The third-order valence-corrected chi connectivity index (χ3v) is 3.50. The zero-order valence-corrected chi connectivity index (χ0v) is 10.5. The Morgan fingerprint density at radius 1 is 1.42 bits per heavy atom. The fourth-order valence-electron chi connectivity index (χ4n) is 2.24. The van der Waals surface area contributed by atoms with Crippen molar-refractivity contribution in [2.75, 3.05) is 12.8 Å². The number of nitrogens with zero attached hydrogens (tertiary/aromatic N) is 4. The molecule has 100 valence electrons. The number of hydrogen-bond acceptors (Lipinski definition) is 5. The Labute approximate surface area is 109 Å². The minimum atomic E-state index is -0.439. The van der Waals surface area contributed by atoms with Gasteiger partial charge in [-0.2, -0.15) is 0 Å². The second-order valence-electron chi connectivity index (χ2n) is 4.67. The topological polar surface area (TPSA) is 78.8 Å². The van der Waals surface area contributed by atoms with Crippen molar-refractivity contribution < 1.29 is 9.13 Å². The van der Waals surface area contributed by atoms with Crippen LogP contribution < -0.4 is 5.73 Å². The Balaban J connectivity index is 1.89. The maximum absolute atomic E-state index is 13.2. The lowest BCUT2D eigenvalue weighted by atomic mass is 9.89. The summed E-state index contributed by atoms with van der Waals surface area (Å²) in [6.07, 6.45) is 2.02. The van der Waals surface area contributed by atoms with Gasteiger partial charge in [-0.05, 0) is 41.5 Å². The summed E-state index contributed by atoms with van der Waals surface area (Å²) in [7, 11) is 1.70. The molecule has 7 heteroatoms. The normalized spacial score (nSPS) is 22.2. The van der Waals surface area contributed by atoms with E-state index in [0.29, 0.717) is 11.4 Å². The zero-order chi connectivity index (χ0) is 13.4. The van der Waals surface area contributed by atoms with Gasteiger partial charge in [0, 0.05) is 12.7 Å². The molecule has 1 aliphatic carbocycles. The van der Waals surface area contributed by atoms with E-state index in [0.717, 1.165) is 12.8 Å². The highest BCUT2D eigenvalue weighted by Crippen LogP contribution is 2.35. The Kier molecular flexibility index (Phi) is 2.90. The van der Waals surface area contributed by atoms with Crippen molar-refractivity contribution >= 4 is 5.69 Å². The quantitative estimate of drug-likeness (QED) is 0.847. The monoisotopic (exact) mass is 263 g/mol. The fraction of sp³-hybridized carbons (Fsp3) is 0.417. The first kappa shape index (κ1) is 12.0. The number of methoxy groups -OCH3 is 1. The molecule has 2 aromatic rings. The van der Waals surface area contributed by atoms with Crippen LogP contribution in [0, 0.1) is 5.82 Å². The van der Waals surface area contributed by atoms with Crippen molar-refractivity contribution in [1.29, 1.82) is 0 Å². The summed E-state index contributed by atoms with van der Waals surface area (Å²) in [4.78, 5) is 0. The van der Waals surface area contributed by atoms with E-state index in [-0.39, 0.29) is 17.8 Å². The molecular weight excluding hydrogens is 249 g/mol. The van der Waals surface area contributed by atoms with Crippen molar-refractivity contribution in [3.8, 4) is 11.4 Å². The third-order valence-electron chi connectivity index (χ3n) is 3.50. The Morgan fingerprint density at radius 2 is 2.21 bits per heavy atom. The summed E-state index contributed by atoms with van der Waals surface area (Å²) in [6.45, 7) is 0. The zero-order valence-electron chi connectivity index (χ0n) is 10.5. The molecule has 0 saturated heterocycles. The van der Waals surface area contributed by atoms with E-state index in [1.165, 1.54) is 6.07 Å². The van der Waals surface area contributed by atoms with Crippen LogP contribution in [0.15, 0.2) is 18.2 Å². The van der Waals surface area contributed by atoms with Gasteiger partial charge in [-0.1, -0.05) is 0 Å². The number of halogens is 1. The molecule has 1 aromatic heterocycles. The number of tetrazole rings is 1. The SMILES string of the molecule is COC1CC(n2nnnc2-c2ccc(F)c(N)c2)C1. The molecule has 1 saturated carbocycles. The maximum Gasteiger partial charge on any atom is 0.182 e. The van der Waals surface area contributed by atoms with Crippen LogP contribution in [0.1, 0.15) is 18.9 Å². The Bertz CT molecular complexity index is 594. The molecule has 3 rings (SSSR count). The summed E-state index contributed by atoms with van der Waals surface area (Å²) in [5, 5.41) is 11.7. The molecular formula is C12H14FN5O. The highest BCUT2D eigenvalue weighted by Gasteiger charge is 2.33. The Hall–Kier alpha value is -2.02. The maximum atomic E-state index is 13.2. The molecule has 1 aliphatic rings. The van der Waals surface area contributed by atoms with Crippen LogP contribution in [0.3, 0.4) is 0 Å². The number of nitrogen functional groups attached to an aromatic ring is 1. The first-order valence-electron chi connectivity index (χ1n) is 6.05. The molecule has 0 aliphatic heterocycles. The van der Waals surface area contributed by atoms with Crippen molar-refractivity contribution in [2.45, 2.75) is 25.0 Å². The molecule has 0 radical (unpaired) electrons. The van der Waals surface area contributed by atoms with Gasteiger partial charge in [0.1, 0.15) is 5.82 Å². The summed E-state index contributed by atoms with van der Waals surface area (Å²) in [6, 6.07) is 4.72. The third kappa shape index (κ3) is 2.06. The standard InChI is InChI=1S/C12H14FN5O/c1-19-9-5-8(6-9)18-12(15-16-17-18)7-2-3-10(13)11(14)4-7/h2-4,8-9H,5-6,14H2,1H3. The highest BCUT2D eigenvalue weighted by atomic mass is 19.1. The minimum Gasteiger partial charge on any atom is -0.396 e. The van der Waals surface area contributed by atoms with Gasteiger partial charge < -0.3 is 10.5 Å². The van der Waals surface area contributed by atoms with Crippen LogP contribution in [-0.4, -0.2) is 33.4 Å². The van der Waals surface area contributed by atoms with Crippen LogP contribution in [0.2, 0.25) is 0 Å². The summed E-state index contributed by atoms with van der Waals surface area (Å²) in [5.41, 5.74) is 6.38. The average molecular weight is 263 g/mol. The van der Waals surface area contributed by atoms with Crippen molar-refractivity contribution in [3.05, 3.63) is 24.0 Å². The van der Waals surface area contributed by atoms with Crippen LogP contribution in [0.25, 0.3) is 11.4 Å². The summed E-state index contributed by atoms with van der Waals surface area (Å²) < 4.78 is 20.2. The van der Waals surface area contributed by atoms with E-state index >= 15 is 0 Å².